The van der Waals surface area contributed by atoms with Crippen LogP contribution in [0.3, 0.4) is 0 Å². The fraction of sp³-hybridized carbons (Fsp3) is 0.417. The molecule has 17 heavy (non-hydrogen) atoms. The summed E-state index contributed by atoms with van der Waals surface area (Å²) < 4.78 is 39.3. The molecular formula is C12H13F3NW-. The normalized spacial score (nSPS) is 24.2. The van der Waals surface area contributed by atoms with Gasteiger partial charge in [-0.05, 0) is 23.6 Å². The van der Waals surface area contributed by atoms with Crippen molar-refractivity contribution in [2.45, 2.75) is 31.2 Å². The van der Waals surface area contributed by atoms with E-state index in [1.54, 1.807) is 0 Å². The zero-order valence-electron chi connectivity index (χ0n) is 9.13. The van der Waals surface area contributed by atoms with E-state index in [1.807, 2.05) is 6.42 Å². The van der Waals surface area contributed by atoms with E-state index in [-0.39, 0.29) is 38.6 Å². The third-order valence-electron chi connectivity index (χ3n) is 3.08. The fourth-order valence-electron chi connectivity index (χ4n) is 2.19. The zero-order valence-corrected chi connectivity index (χ0v) is 12.1. The van der Waals surface area contributed by atoms with E-state index in [9.17, 15) is 13.2 Å². The molecular weight excluding hydrogens is 399 g/mol. The Morgan fingerprint density at radius 1 is 1.12 bits per heavy atom. The van der Waals surface area contributed by atoms with Gasteiger partial charge in [0.15, 0.2) is 11.6 Å². The minimum atomic E-state index is -1.16. The molecule has 1 aromatic rings. The third kappa shape index (κ3) is 3.11. The first-order chi connectivity index (χ1) is 7.59. The van der Waals surface area contributed by atoms with Crippen LogP contribution in [0, 0.1) is 23.9 Å². The molecule has 2 atom stereocenters. The summed E-state index contributed by atoms with van der Waals surface area (Å²) in [5.74, 6) is -3.10. The van der Waals surface area contributed by atoms with E-state index < -0.39 is 17.5 Å². The van der Waals surface area contributed by atoms with E-state index >= 15 is 0 Å². The maximum Gasteiger partial charge on any atom is 0.161 e. The van der Waals surface area contributed by atoms with Gasteiger partial charge in [0.2, 0.25) is 0 Å². The van der Waals surface area contributed by atoms with Gasteiger partial charge in [-0.3, -0.25) is 0 Å². The molecule has 1 aromatic carbocycles. The van der Waals surface area contributed by atoms with Crippen molar-refractivity contribution in [1.29, 1.82) is 0 Å². The van der Waals surface area contributed by atoms with Gasteiger partial charge in [-0.2, -0.15) is 12.8 Å². The van der Waals surface area contributed by atoms with Gasteiger partial charge >= 0.3 is 0 Å². The van der Waals surface area contributed by atoms with E-state index in [0.717, 1.165) is 12.5 Å². The van der Waals surface area contributed by atoms with Crippen molar-refractivity contribution in [3.63, 3.8) is 0 Å². The summed E-state index contributed by atoms with van der Waals surface area (Å²) in [6, 6.07) is 1.31. The molecule has 0 saturated heterocycles. The average Bonchev–Trinajstić information content (AvgIpc) is 2.25. The van der Waals surface area contributed by atoms with Crippen molar-refractivity contribution >= 4 is 0 Å². The first-order valence-electron chi connectivity index (χ1n) is 5.31. The van der Waals surface area contributed by atoms with Crippen molar-refractivity contribution in [1.82, 2.24) is 0 Å². The molecule has 1 aliphatic carbocycles. The Morgan fingerprint density at radius 3 is 2.41 bits per heavy atom. The molecule has 5 heteroatoms. The monoisotopic (exact) mass is 412 g/mol. The van der Waals surface area contributed by atoms with Crippen LogP contribution < -0.4 is 5.73 Å². The van der Waals surface area contributed by atoms with Gasteiger partial charge in [0.05, 0.1) is 0 Å². The fourth-order valence-corrected chi connectivity index (χ4v) is 2.19. The van der Waals surface area contributed by atoms with Crippen LogP contribution in [-0.4, -0.2) is 6.04 Å². The van der Waals surface area contributed by atoms with Crippen molar-refractivity contribution < 1.29 is 34.2 Å². The van der Waals surface area contributed by atoms with Crippen molar-refractivity contribution in [2.24, 2.45) is 5.73 Å². The molecule has 0 bridgehead atoms. The number of benzene rings is 1. The van der Waals surface area contributed by atoms with Gasteiger partial charge in [-0.25, -0.2) is 13.2 Å². The number of hydrogen-bond acceptors (Lipinski definition) is 1. The van der Waals surface area contributed by atoms with Crippen molar-refractivity contribution in [3.8, 4) is 0 Å². The Kier molecular flexibility index (Phi) is 5.20. The molecule has 1 aliphatic rings. The third-order valence-corrected chi connectivity index (χ3v) is 3.08. The van der Waals surface area contributed by atoms with Gasteiger partial charge in [0.1, 0.15) is 5.82 Å². The van der Waals surface area contributed by atoms with Crippen molar-refractivity contribution in [3.05, 3.63) is 41.6 Å². The molecule has 2 N–H and O–H groups in total. The van der Waals surface area contributed by atoms with E-state index in [0.29, 0.717) is 18.9 Å². The van der Waals surface area contributed by atoms with Crippen LogP contribution in [-0.2, 0) is 21.1 Å². The quantitative estimate of drug-likeness (QED) is 0.558. The summed E-state index contributed by atoms with van der Waals surface area (Å²) >= 11 is 0. The standard InChI is InChI=1S/C12H13F3N.W/c13-9-6-11(15)10(14)5-8(9)7-3-1-2-4-12(7)16;/h2,5-7,12H,1,3-4,16H2;/q-1;/t7?,12-;/m0./s1. The summed E-state index contributed by atoms with van der Waals surface area (Å²) in [5, 5.41) is 0. The zero-order chi connectivity index (χ0) is 11.7. The van der Waals surface area contributed by atoms with Crippen LogP contribution in [0.15, 0.2) is 12.1 Å². The van der Waals surface area contributed by atoms with Crippen LogP contribution in [0.25, 0.3) is 0 Å². The largest absolute Gasteiger partial charge is 0.330 e. The molecule has 0 heterocycles. The number of rotatable bonds is 1. The molecule has 1 unspecified atom stereocenters. The molecule has 0 aromatic heterocycles. The molecule has 0 spiro atoms. The Bertz CT molecular complexity index is 398. The molecule has 1 saturated carbocycles. The molecule has 1 nitrogen and oxygen atoms in total. The van der Waals surface area contributed by atoms with Crippen LogP contribution in [0.5, 0.6) is 0 Å². The summed E-state index contributed by atoms with van der Waals surface area (Å²) in [4.78, 5) is 0. The van der Waals surface area contributed by atoms with Crippen LogP contribution in [0.2, 0.25) is 0 Å². The second kappa shape index (κ2) is 6.01. The molecule has 0 amide bonds. The Hall–Kier alpha value is -0.342. The predicted octanol–water partition coefficient (Wildman–Crippen LogP) is 2.90. The Labute approximate surface area is 113 Å². The summed E-state index contributed by atoms with van der Waals surface area (Å²) in [6.07, 6.45) is 4.24. The second-order valence-electron chi connectivity index (χ2n) is 4.16. The van der Waals surface area contributed by atoms with E-state index in [1.165, 1.54) is 0 Å². The Morgan fingerprint density at radius 2 is 1.76 bits per heavy atom. The molecule has 0 radical (unpaired) electrons. The maximum absolute atomic E-state index is 13.5. The van der Waals surface area contributed by atoms with Gasteiger partial charge < -0.3 is 12.2 Å². The first kappa shape index (κ1) is 14.7. The smallest absolute Gasteiger partial charge is 0.161 e. The van der Waals surface area contributed by atoms with E-state index in [4.69, 9.17) is 5.73 Å². The summed E-state index contributed by atoms with van der Waals surface area (Å²) in [7, 11) is 0. The van der Waals surface area contributed by atoms with Crippen LogP contribution in [0.1, 0.15) is 30.7 Å². The SMILES string of the molecule is N[C@H]1C[CH-]CCC1c1cc(F)c(F)cc1F.[W]. The first-order valence-corrected chi connectivity index (χ1v) is 5.31. The average molecular weight is 412 g/mol. The second-order valence-corrected chi connectivity index (χ2v) is 4.16. The summed E-state index contributed by atoms with van der Waals surface area (Å²) in [6.45, 7) is 0. The minimum Gasteiger partial charge on any atom is -0.330 e. The molecule has 1 fully saturated rings. The van der Waals surface area contributed by atoms with Crippen LogP contribution >= 0.6 is 0 Å². The van der Waals surface area contributed by atoms with Gasteiger partial charge in [0.25, 0.3) is 0 Å². The maximum atomic E-state index is 13.5. The molecule has 94 valence electrons. The number of nitrogens with two attached hydrogens (primary N) is 1. The van der Waals surface area contributed by atoms with Crippen LogP contribution in [0.4, 0.5) is 13.2 Å². The van der Waals surface area contributed by atoms with Gasteiger partial charge in [-0.1, -0.05) is 6.42 Å². The van der Waals surface area contributed by atoms with Gasteiger partial charge in [-0.15, -0.1) is 0 Å². The molecule has 2 rings (SSSR count). The van der Waals surface area contributed by atoms with Gasteiger partial charge in [0, 0.05) is 27.1 Å². The Balaban J connectivity index is 0.00000144. The minimum absolute atomic E-state index is 0. The van der Waals surface area contributed by atoms with E-state index in [2.05, 4.69) is 0 Å². The number of hydrogen-bond donors (Lipinski definition) is 1. The molecule has 0 aliphatic heterocycles. The number of halogens is 3. The predicted molar refractivity (Wildman–Crippen MR) is 55.2 cm³/mol. The summed E-state index contributed by atoms with van der Waals surface area (Å²) in [5.41, 5.74) is 6.05. The van der Waals surface area contributed by atoms with Crippen molar-refractivity contribution in [2.75, 3.05) is 0 Å². The topological polar surface area (TPSA) is 26.0 Å².